The van der Waals surface area contributed by atoms with E-state index in [0.29, 0.717) is 12.5 Å². The predicted octanol–water partition coefficient (Wildman–Crippen LogP) is 1.82. The van der Waals surface area contributed by atoms with Gasteiger partial charge >= 0.3 is 0 Å². The molecular weight excluding hydrogens is 188 g/mol. The maximum absolute atomic E-state index is 11.2. The van der Waals surface area contributed by atoms with E-state index in [9.17, 15) is 4.79 Å². The van der Waals surface area contributed by atoms with Crippen LogP contribution in [-0.2, 0) is 4.79 Å². The molecule has 1 atom stereocenters. The molecule has 1 aliphatic rings. The molecule has 0 bridgehead atoms. The Bertz CT molecular complexity index is 174. The van der Waals surface area contributed by atoms with Crippen LogP contribution in [0.4, 0.5) is 0 Å². The van der Waals surface area contributed by atoms with Gasteiger partial charge in [-0.15, -0.1) is 0 Å². The lowest BCUT2D eigenvalue weighted by molar-refractivity contribution is -0.121. The highest BCUT2D eigenvalue weighted by Gasteiger charge is 2.11. The molecular formula is C12H24N2O. The van der Waals surface area contributed by atoms with Gasteiger partial charge < -0.3 is 10.6 Å². The van der Waals surface area contributed by atoms with Crippen LogP contribution in [0.15, 0.2) is 0 Å². The second kappa shape index (κ2) is 7.69. The zero-order chi connectivity index (χ0) is 10.9. The van der Waals surface area contributed by atoms with Crippen LogP contribution in [0.5, 0.6) is 0 Å². The first-order chi connectivity index (χ1) is 7.33. The van der Waals surface area contributed by atoms with Crippen LogP contribution in [0, 0.1) is 0 Å². The summed E-state index contributed by atoms with van der Waals surface area (Å²) in [4.78, 5) is 11.2. The average Bonchev–Trinajstić information content (AvgIpc) is 2.47. The Morgan fingerprint density at radius 1 is 1.40 bits per heavy atom. The zero-order valence-corrected chi connectivity index (χ0v) is 9.85. The molecule has 0 saturated carbocycles. The van der Waals surface area contributed by atoms with Crippen LogP contribution < -0.4 is 10.6 Å². The predicted molar refractivity (Wildman–Crippen MR) is 62.8 cm³/mol. The maximum Gasteiger partial charge on any atom is 0.219 e. The Morgan fingerprint density at radius 2 is 2.27 bits per heavy atom. The molecule has 1 rings (SSSR count). The van der Waals surface area contributed by atoms with Gasteiger partial charge in [0.1, 0.15) is 0 Å². The van der Waals surface area contributed by atoms with Gasteiger partial charge in [-0.25, -0.2) is 0 Å². The molecule has 0 aliphatic carbocycles. The van der Waals surface area contributed by atoms with E-state index in [1.807, 2.05) is 6.92 Å². The minimum Gasteiger partial charge on any atom is -0.356 e. The fraction of sp³-hybridized carbons (Fsp3) is 0.917. The molecule has 1 saturated heterocycles. The topological polar surface area (TPSA) is 41.1 Å². The molecule has 1 fully saturated rings. The van der Waals surface area contributed by atoms with E-state index in [4.69, 9.17) is 0 Å². The molecule has 0 aromatic rings. The summed E-state index contributed by atoms with van der Waals surface area (Å²) in [5, 5.41) is 6.39. The van der Waals surface area contributed by atoms with E-state index in [0.717, 1.165) is 25.9 Å². The lowest BCUT2D eigenvalue weighted by atomic mass is 10.0. The average molecular weight is 212 g/mol. The Kier molecular flexibility index (Phi) is 6.41. The summed E-state index contributed by atoms with van der Waals surface area (Å²) in [5.74, 6) is 0.200. The lowest BCUT2D eigenvalue weighted by Crippen LogP contribution is -2.29. The van der Waals surface area contributed by atoms with E-state index in [1.165, 1.54) is 25.7 Å². The smallest absolute Gasteiger partial charge is 0.219 e. The van der Waals surface area contributed by atoms with Crippen molar-refractivity contribution in [2.24, 2.45) is 0 Å². The van der Waals surface area contributed by atoms with Crippen LogP contribution in [0.3, 0.4) is 0 Å². The quantitative estimate of drug-likeness (QED) is 0.730. The lowest BCUT2D eigenvalue weighted by Gasteiger charge is -2.14. The van der Waals surface area contributed by atoms with Crippen LogP contribution in [0.1, 0.15) is 51.9 Å². The van der Waals surface area contributed by atoms with Crippen molar-refractivity contribution in [2.75, 3.05) is 13.1 Å². The maximum atomic E-state index is 11.2. The molecule has 15 heavy (non-hydrogen) atoms. The number of rotatable bonds is 5. The first-order valence-corrected chi connectivity index (χ1v) is 6.33. The fourth-order valence-corrected chi connectivity index (χ4v) is 2.14. The third kappa shape index (κ3) is 5.78. The Morgan fingerprint density at radius 3 is 3.07 bits per heavy atom. The van der Waals surface area contributed by atoms with Gasteiger partial charge in [0.25, 0.3) is 0 Å². The van der Waals surface area contributed by atoms with Crippen LogP contribution >= 0.6 is 0 Å². The zero-order valence-electron chi connectivity index (χ0n) is 9.85. The minimum atomic E-state index is 0.200. The molecule has 0 aromatic carbocycles. The second-order valence-electron chi connectivity index (χ2n) is 4.35. The summed E-state index contributed by atoms with van der Waals surface area (Å²) >= 11 is 0. The third-order valence-electron chi connectivity index (χ3n) is 2.99. The molecule has 0 spiro atoms. The highest BCUT2D eigenvalue weighted by Crippen LogP contribution is 2.13. The first-order valence-electron chi connectivity index (χ1n) is 6.33. The van der Waals surface area contributed by atoms with Crippen LogP contribution in [0.25, 0.3) is 0 Å². The van der Waals surface area contributed by atoms with Gasteiger partial charge in [0.05, 0.1) is 0 Å². The Balaban J connectivity index is 2.05. The van der Waals surface area contributed by atoms with Gasteiger partial charge in [0.15, 0.2) is 0 Å². The molecule has 88 valence electrons. The molecule has 2 N–H and O–H groups in total. The molecule has 1 unspecified atom stereocenters. The minimum absolute atomic E-state index is 0.200. The fourth-order valence-electron chi connectivity index (χ4n) is 2.14. The van der Waals surface area contributed by atoms with Gasteiger partial charge in [0, 0.05) is 19.0 Å². The summed E-state index contributed by atoms with van der Waals surface area (Å²) < 4.78 is 0. The van der Waals surface area contributed by atoms with E-state index in [2.05, 4.69) is 10.6 Å². The van der Waals surface area contributed by atoms with Crippen molar-refractivity contribution < 1.29 is 4.79 Å². The van der Waals surface area contributed by atoms with E-state index in [-0.39, 0.29) is 5.91 Å². The van der Waals surface area contributed by atoms with Crippen molar-refractivity contribution in [1.82, 2.24) is 10.6 Å². The Labute approximate surface area is 93.0 Å². The molecule has 0 radical (unpaired) electrons. The number of hydrogen-bond acceptors (Lipinski definition) is 2. The van der Waals surface area contributed by atoms with Gasteiger partial charge in [-0.1, -0.05) is 12.8 Å². The standard InChI is InChI=1S/C12H24N2O/c1-2-13-12(15)9-6-8-11-7-4-3-5-10-14-11/h11,14H,2-10H2,1H3,(H,13,15). The van der Waals surface area contributed by atoms with E-state index < -0.39 is 0 Å². The highest BCUT2D eigenvalue weighted by molar-refractivity contribution is 5.75. The van der Waals surface area contributed by atoms with E-state index in [1.54, 1.807) is 0 Å². The van der Waals surface area contributed by atoms with Crippen LogP contribution in [0.2, 0.25) is 0 Å². The van der Waals surface area contributed by atoms with Gasteiger partial charge in [0.2, 0.25) is 5.91 Å². The van der Waals surface area contributed by atoms with Gasteiger partial charge in [-0.2, -0.15) is 0 Å². The number of amides is 1. The molecule has 0 aromatic heterocycles. The molecule has 3 heteroatoms. The first kappa shape index (κ1) is 12.5. The summed E-state index contributed by atoms with van der Waals surface area (Å²) in [6.07, 6.45) is 8.16. The van der Waals surface area contributed by atoms with Crippen molar-refractivity contribution in [3.8, 4) is 0 Å². The number of nitrogens with one attached hydrogen (secondary N) is 2. The Hall–Kier alpha value is -0.570. The summed E-state index contributed by atoms with van der Waals surface area (Å²) in [6.45, 7) is 3.87. The summed E-state index contributed by atoms with van der Waals surface area (Å²) in [5.41, 5.74) is 0. The highest BCUT2D eigenvalue weighted by atomic mass is 16.1. The third-order valence-corrected chi connectivity index (χ3v) is 2.99. The van der Waals surface area contributed by atoms with Crippen molar-refractivity contribution in [1.29, 1.82) is 0 Å². The monoisotopic (exact) mass is 212 g/mol. The van der Waals surface area contributed by atoms with Crippen LogP contribution in [-0.4, -0.2) is 25.0 Å². The number of carbonyl (C=O) groups excluding carboxylic acids is 1. The largest absolute Gasteiger partial charge is 0.356 e. The molecule has 3 nitrogen and oxygen atoms in total. The molecule has 1 aliphatic heterocycles. The van der Waals surface area contributed by atoms with Gasteiger partial charge in [-0.05, 0) is 39.2 Å². The molecule has 1 heterocycles. The summed E-state index contributed by atoms with van der Waals surface area (Å²) in [7, 11) is 0. The van der Waals surface area contributed by atoms with Gasteiger partial charge in [-0.3, -0.25) is 4.79 Å². The van der Waals surface area contributed by atoms with E-state index >= 15 is 0 Å². The van der Waals surface area contributed by atoms with Crippen molar-refractivity contribution in [3.05, 3.63) is 0 Å². The molecule has 1 amide bonds. The van der Waals surface area contributed by atoms with Crippen molar-refractivity contribution in [2.45, 2.75) is 57.9 Å². The number of hydrogen-bond donors (Lipinski definition) is 2. The number of carbonyl (C=O) groups is 1. The normalized spacial score (nSPS) is 22.1. The summed E-state index contributed by atoms with van der Waals surface area (Å²) in [6, 6.07) is 0.655. The van der Waals surface area contributed by atoms with Crippen molar-refractivity contribution >= 4 is 5.91 Å². The van der Waals surface area contributed by atoms with Crippen molar-refractivity contribution in [3.63, 3.8) is 0 Å². The second-order valence-corrected chi connectivity index (χ2v) is 4.35. The SMILES string of the molecule is CCNC(=O)CCCC1CCCCCN1.